The van der Waals surface area contributed by atoms with Crippen LogP contribution in [0, 0.1) is 5.92 Å². The number of ether oxygens (including phenoxy) is 1. The molecule has 0 radical (unpaired) electrons. The van der Waals surface area contributed by atoms with Gasteiger partial charge in [0.05, 0.1) is 24.4 Å². The van der Waals surface area contributed by atoms with E-state index in [-0.39, 0.29) is 12.0 Å². The second kappa shape index (κ2) is 6.10. The van der Waals surface area contributed by atoms with E-state index in [1.54, 1.807) is 0 Å². The lowest BCUT2D eigenvalue weighted by Gasteiger charge is -2.38. The minimum Gasteiger partial charge on any atom is -0.465 e. The quantitative estimate of drug-likeness (QED) is 0.581. The van der Waals surface area contributed by atoms with Crippen LogP contribution in [-0.4, -0.2) is 13.1 Å². The monoisotopic (exact) mass is 383 g/mol. The van der Waals surface area contributed by atoms with Crippen molar-refractivity contribution in [3.63, 3.8) is 0 Å². The molecule has 0 saturated carbocycles. The number of benzene rings is 2. The number of halogens is 1. The van der Waals surface area contributed by atoms with Gasteiger partial charge in [-0.3, -0.25) is 0 Å². The summed E-state index contributed by atoms with van der Waals surface area (Å²) in [5.41, 5.74) is 3.92. The van der Waals surface area contributed by atoms with Crippen molar-refractivity contribution in [3.8, 4) is 0 Å². The summed E-state index contributed by atoms with van der Waals surface area (Å²) in [6.45, 7) is 0. The van der Waals surface area contributed by atoms with Crippen LogP contribution in [0.3, 0.4) is 0 Å². The number of hydrogen-bond acceptors (Lipinski definition) is 3. The molecule has 4 heteroatoms. The van der Waals surface area contributed by atoms with Gasteiger partial charge in [-0.1, -0.05) is 52.3 Å². The van der Waals surface area contributed by atoms with E-state index in [4.69, 9.17) is 4.74 Å². The molecule has 4 rings (SSSR count). The predicted molar refractivity (Wildman–Crippen MR) is 98.3 cm³/mol. The molecular formula is C20H18BrNO2. The average molecular weight is 384 g/mol. The number of carbonyl (C=O) groups is 1. The van der Waals surface area contributed by atoms with Gasteiger partial charge in [-0.2, -0.15) is 0 Å². The minimum absolute atomic E-state index is 0.167. The molecule has 3 nitrogen and oxygen atoms in total. The number of nitrogens with one attached hydrogen (secondary N) is 1. The molecule has 1 aliphatic heterocycles. The summed E-state index contributed by atoms with van der Waals surface area (Å²) < 4.78 is 6.04. The molecule has 2 aromatic rings. The summed E-state index contributed by atoms with van der Waals surface area (Å²) in [6, 6.07) is 14.4. The number of esters is 1. The molecule has 3 atom stereocenters. The highest BCUT2D eigenvalue weighted by Gasteiger charge is 2.39. The van der Waals surface area contributed by atoms with Crippen LogP contribution in [0.1, 0.15) is 39.9 Å². The van der Waals surface area contributed by atoms with Crippen molar-refractivity contribution in [2.75, 3.05) is 12.4 Å². The van der Waals surface area contributed by atoms with Crippen molar-refractivity contribution < 1.29 is 9.53 Å². The van der Waals surface area contributed by atoms with Crippen molar-refractivity contribution in [1.82, 2.24) is 0 Å². The van der Waals surface area contributed by atoms with Crippen LogP contribution in [0.25, 0.3) is 0 Å². The molecule has 0 unspecified atom stereocenters. The standard InChI is InChI=1S/C20H18BrNO2/c1-24-20(23)17-10-4-9-16-14-7-3-8-15(14)18(22-19(16)17)12-5-2-6-13(21)11-12/h2-7,9-11,14-15,18,22H,8H2,1H3/t14-,15+,18+/m1/s1. The van der Waals surface area contributed by atoms with Gasteiger partial charge in [-0.05, 0) is 41.7 Å². The summed E-state index contributed by atoms with van der Waals surface area (Å²) >= 11 is 3.56. The SMILES string of the molecule is COC(=O)c1cccc2c1N[C@@H](c1cccc(Br)c1)[C@H]1CC=C[C@@H]21. The van der Waals surface area contributed by atoms with Crippen LogP contribution in [0.2, 0.25) is 0 Å². The van der Waals surface area contributed by atoms with Crippen LogP contribution in [0.15, 0.2) is 59.1 Å². The van der Waals surface area contributed by atoms with Gasteiger partial charge in [0.15, 0.2) is 0 Å². The highest BCUT2D eigenvalue weighted by Crippen LogP contribution is 2.50. The molecule has 0 saturated heterocycles. The number of carbonyl (C=O) groups excluding carboxylic acids is 1. The van der Waals surface area contributed by atoms with Crippen LogP contribution in [-0.2, 0) is 4.74 Å². The van der Waals surface area contributed by atoms with E-state index in [2.05, 4.69) is 57.7 Å². The van der Waals surface area contributed by atoms with E-state index in [9.17, 15) is 4.79 Å². The number of fused-ring (bicyclic) bond motifs is 3. The number of methoxy groups -OCH3 is 1. The fourth-order valence-electron chi connectivity index (χ4n) is 3.93. The summed E-state index contributed by atoms with van der Waals surface area (Å²) in [6.07, 6.45) is 5.56. The lowest BCUT2D eigenvalue weighted by molar-refractivity contribution is 0.0601. The number of anilines is 1. The van der Waals surface area contributed by atoms with Gasteiger partial charge in [0.1, 0.15) is 0 Å². The molecule has 0 amide bonds. The van der Waals surface area contributed by atoms with Crippen LogP contribution in [0.5, 0.6) is 0 Å². The number of allylic oxidation sites excluding steroid dienone is 2. The van der Waals surface area contributed by atoms with E-state index in [1.165, 1.54) is 18.2 Å². The van der Waals surface area contributed by atoms with Gasteiger partial charge in [0, 0.05) is 10.4 Å². The third-order valence-electron chi connectivity index (χ3n) is 5.01. The Balaban J connectivity index is 1.84. The zero-order valence-corrected chi connectivity index (χ0v) is 14.9. The Kier molecular flexibility index (Phi) is 3.93. The highest BCUT2D eigenvalue weighted by atomic mass is 79.9. The van der Waals surface area contributed by atoms with Crippen LogP contribution in [0.4, 0.5) is 5.69 Å². The zero-order valence-electron chi connectivity index (χ0n) is 13.3. The summed E-state index contributed by atoms with van der Waals surface area (Å²) in [4.78, 5) is 12.2. The maximum Gasteiger partial charge on any atom is 0.339 e. The largest absolute Gasteiger partial charge is 0.465 e. The topological polar surface area (TPSA) is 38.3 Å². The lowest BCUT2D eigenvalue weighted by atomic mass is 9.76. The molecule has 2 aromatic carbocycles. The van der Waals surface area contributed by atoms with Crippen LogP contribution < -0.4 is 5.32 Å². The van der Waals surface area contributed by atoms with E-state index in [0.717, 1.165) is 16.6 Å². The molecule has 0 aromatic heterocycles. The Morgan fingerprint density at radius 1 is 1.25 bits per heavy atom. The minimum atomic E-state index is -0.298. The first-order valence-electron chi connectivity index (χ1n) is 8.09. The normalized spacial score (nSPS) is 24.0. The van der Waals surface area contributed by atoms with Gasteiger partial charge < -0.3 is 10.1 Å². The first-order valence-corrected chi connectivity index (χ1v) is 8.88. The van der Waals surface area contributed by atoms with Gasteiger partial charge >= 0.3 is 5.97 Å². The average Bonchev–Trinajstić information content (AvgIpc) is 3.09. The molecule has 1 heterocycles. The maximum atomic E-state index is 12.2. The van der Waals surface area contributed by atoms with E-state index >= 15 is 0 Å². The maximum absolute atomic E-state index is 12.2. The summed E-state index contributed by atoms with van der Waals surface area (Å²) in [7, 11) is 1.43. The molecule has 122 valence electrons. The smallest absolute Gasteiger partial charge is 0.339 e. The Bertz CT molecular complexity index is 830. The second-order valence-electron chi connectivity index (χ2n) is 6.29. The molecule has 1 N–H and O–H groups in total. The van der Waals surface area contributed by atoms with Gasteiger partial charge in [-0.25, -0.2) is 4.79 Å². The van der Waals surface area contributed by atoms with Gasteiger partial charge in [0.2, 0.25) is 0 Å². The first-order chi connectivity index (χ1) is 11.7. The third-order valence-corrected chi connectivity index (χ3v) is 5.50. The molecule has 1 aliphatic carbocycles. The van der Waals surface area contributed by atoms with Crippen LogP contribution >= 0.6 is 15.9 Å². The van der Waals surface area contributed by atoms with Crippen molar-refractivity contribution in [2.24, 2.45) is 5.92 Å². The summed E-state index contributed by atoms with van der Waals surface area (Å²) in [5.74, 6) is 0.488. The summed E-state index contributed by atoms with van der Waals surface area (Å²) in [5, 5.41) is 3.63. The fourth-order valence-corrected chi connectivity index (χ4v) is 4.35. The van der Waals surface area contributed by atoms with E-state index < -0.39 is 0 Å². The molecule has 24 heavy (non-hydrogen) atoms. The van der Waals surface area contributed by atoms with Crippen molar-refractivity contribution in [2.45, 2.75) is 18.4 Å². The Hall–Kier alpha value is -2.07. The number of para-hydroxylation sites is 1. The van der Waals surface area contributed by atoms with E-state index in [0.29, 0.717) is 17.4 Å². The zero-order chi connectivity index (χ0) is 16.7. The second-order valence-corrected chi connectivity index (χ2v) is 7.21. The molecule has 2 aliphatic rings. The third kappa shape index (κ3) is 2.46. The molecule has 0 spiro atoms. The van der Waals surface area contributed by atoms with Gasteiger partial charge in [-0.15, -0.1) is 0 Å². The van der Waals surface area contributed by atoms with Crippen molar-refractivity contribution in [3.05, 3.63) is 75.8 Å². The van der Waals surface area contributed by atoms with Crippen molar-refractivity contribution in [1.29, 1.82) is 0 Å². The lowest BCUT2D eigenvalue weighted by Crippen LogP contribution is -2.30. The highest BCUT2D eigenvalue weighted by molar-refractivity contribution is 9.10. The number of rotatable bonds is 2. The molecular weight excluding hydrogens is 366 g/mol. The number of hydrogen-bond donors (Lipinski definition) is 1. The Morgan fingerprint density at radius 3 is 2.88 bits per heavy atom. The fraction of sp³-hybridized carbons (Fsp3) is 0.250. The van der Waals surface area contributed by atoms with Gasteiger partial charge in [0.25, 0.3) is 0 Å². The Morgan fingerprint density at radius 2 is 2.08 bits per heavy atom. The van der Waals surface area contributed by atoms with E-state index in [1.807, 2.05) is 18.2 Å². The predicted octanol–water partition coefficient (Wildman–Crippen LogP) is 5.06. The van der Waals surface area contributed by atoms with Crippen molar-refractivity contribution >= 4 is 27.6 Å². The molecule has 0 bridgehead atoms. The molecule has 0 fully saturated rings. The Labute approximate surface area is 149 Å². The first kappa shape index (κ1) is 15.5.